The Morgan fingerprint density at radius 1 is 1.05 bits per heavy atom. The molecule has 0 spiro atoms. The van der Waals surface area contributed by atoms with Gasteiger partial charge in [0.15, 0.2) is 0 Å². The number of rotatable bonds is 4. The molecule has 0 atom stereocenters. The van der Waals surface area contributed by atoms with Gasteiger partial charge in [0, 0.05) is 5.69 Å². The minimum atomic E-state index is -3.60. The van der Waals surface area contributed by atoms with Crippen molar-refractivity contribution in [2.45, 2.75) is 24.7 Å². The fourth-order valence-corrected chi connectivity index (χ4v) is 2.96. The van der Waals surface area contributed by atoms with Crippen LogP contribution in [0, 0.1) is 0 Å². The number of benzene rings is 2. The minimum Gasteiger partial charge on any atom is -0.508 e. The molecule has 2 rings (SSSR count). The molecular formula is C15H17NO3S. The number of phenols is 1. The van der Waals surface area contributed by atoms with Crippen molar-refractivity contribution in [2.24, 2.45) is 0 Å². The zero-order chi connectivity index (χ0) is 14.8. The van der Waals surface area contributed by atoms with Gasteiger partial charge in [0.1, 0.15) is 5.75 Å². The first kappa shape index (κ1) is 14.4. The maximum Gasteiger partial charge on any atom is 0.261 e. The summed E-state index contributed by atoms with van der Waals surface area (Å²) in [5.74, 6) is 0.277. The van der Waals surface area contributed by atoms with Crippen LogP contribution in [0.15, 0.2) is 53.4 Å². The van der Waals surface area contributed by atoms with E-state index in [1.165, 1.54) is 18.2 Å². The van der Waals surface area contributed by atoms with Gasteiger partial charge >= 0.3 is 0 Å². The number of sulfonamides is 1. The SMILES string of the molecule is CC(C)c1cc(NS(=O)(=O)c2ccccc2)ccc1O. The summed E-state index contributed by atoms with van der Waals surface area (Å²) in [5.41, 5.74) is 1.15. The Morgan fingerprint density at radius 3 is 2.30 bits per heavy atom. The molecule has 0 aromatic heterocycles. The second kappa shape index (κ2) is 5.54. The van der Waals surface area contributed by atoms with E-state index in [9.17, 15) is 13.5 Å². The normalized spacial score (nSPS) is 11.6. The Bertz CT molecular complexity index is 694. The Kier molecular flexibility index (Phi) is 3.99. The Labute approximate surface area is 119 Å². The zero-order valence-electron chi connectivity index (χ0n) is 11.4. The Balaban J connectivity index is 2.33. The van der Waals surface area contributed by atoms with Crippen LogP contribution in [0.25, 0.3) is 0 Å². The quantitative estimate of drug-likeness (QED) is 0.849. The van der Waals surface area contributed by atoms with Crippen molar-refractivity contribution in [3.05, 3.63) is 54.1 Å². The number of hydrogen-bond donors (Lipinski definition) is 2. The molecule has 0 saturated carbocycles. The van der Waals surface area contributed by atoms with E-state index in [0.29, 0.717) is 11.3 Å². The molecule has 4 nitrogen and oxygen atoms in total. The summed E-state index contributed by atoms with van der Waals surface area (Å²) in [6.07, 6.45) is 0. The molecule has 2 N–H and O–H groups in total. The Hall–Kier alpha value is -2.01. The third-order valence-corrected chi connectivity index (χ3v) is 4.35. The van der Waals surface area contributed by atoms with E-state index in [1.807, 2.05) is 13.8 Å². The zero-order valence-corrected chi connectivity index (χ0v) is 12.2. The van der Waals surface area contributed by atoms with E-state index < -0.39 is 10.0 Å². The number of nitrogens with one attached hydrogen (secondary N) is 1. The molecule has 0 fully saturated rings. The van der Waals surface area contributed by atoms with E-state index in [4.69, 9.17) is 0 Å². The van der Waals surface area contributed by atoms with Crippen LogP contribution < -0.4 is 4.72 Å². The summed E-state index contributed by atoms with van der Waals surface area (Å²) in [6.45, 7) is 3.87. The molecule has 106 valence electrons. The first-order valence-corrected chi connectivity index (χ1v) is 7.79. The fourth-order valence-electron chi connectivity index (χ4n) is 1.89. The van der Waals surface area contributed by atoms with Gasteiger partial charge in [-0.25, -0.2) is 8.42 Å². The first-order valence-electron chi connectivity index (χ1n) is 6.31. The molecule has 0 amide bonds. The fraction of sp³-hybridized carbons (Fsp3) is 0.200. The average Bonchev–Trinajstić information content (AvgIpc) is 2.41. The van der Waals surface area contributed by atoms with Crippen molar-refractivity contribution >= 4 is 15.7 Å². The summed E-state index contributed by atoms with van der Waals surface area (Å²) in [7, 11) is -3.60. The highest BCUT2D eigenvalue weighted by molar-refractivity contribution is 7.92. The van der Waals surface area contributed by atoms with E-state index >= 15 is 0 Å². The molecule has 0 bridgehead atoms. The van der Waals surface area contributed by atoms with Crippen LogP contribution in [0.4, 0.5) is 5.69 Å². The van der Waals surface area contributed by atoms with Crippen LogP contribution in [0.1, 0.15) is 25.3 Å². The van der Waals surface area contributed by atoms with Gasteiger partial charge in [-0.3, -0.25) is 4.72 Å². The van der Waals surface area contributed by atoms with E-state index in [2.05, 4.69) is 4.72 Å². The Morgan fingerprint density at radius 2 is 1.70 bits per heavy atom. The second-order valence-corrected chi connectivity index (χ2v) is 6.53. The van der Waals surface area contributed by atoms with Gasteiger partial charge in [-0.15, -0.1) is 0 Å². The largest absolute Gasteiger partial charge is 0.508 e. The minimum absolute atomic E-state index is 0.108. The van der Waals surface area contributed by atoms with Gasteiger partial charge in [-0.1, -0.05) is 32.0 Å². The van der Waals surface area contributed by atoms with Crippen LogP contribution in [-0.2, 0) is 10.0 Å². The van der Waals surface area contributed by atoms with E-state index in [-0.39, 0.29) is 16.6 Å². The molecule has 0 radical (unpaired) electrons. The van der Waals surface area contributed by atoms with Crippen molar-refractivity contribution in [1.29, 1.82) is 0 Å². The first-order chi connectivity index (χ1) is 9.40. The summed E-state index contributed by atoms with van der Waals surface area (Å²) in [4.78, 5) is 0.208. The lowest BCUT2D eigenvalue weighted by Gasteiger charge is -2.12. The van der Waals surface area contributed by atoms with E-state index in [1.54, 1.807) is 30.3 Å². The van der Waals surface area contributed by atoms with Gasteiger partial charge in [0.2, 0.25) is 0 Å². The van der Waals surface area contributed by atoms with Crippen LogP contribution >= 0.6 is 0 Å². The van der Waals surface area contributed by atoms with Crippen LogP contribution in [0.5, 0.6) is 5.75 Å². The smallest absolute Gasteiger partial charge is 0.261 e. The molecular weight excluding hydrogens is 274 g/mol. The van der Waals surface area contributed by atoms with Gasteiger partial charge in [0.05, 0.1) is 4.90 Å². The topological polar surface area (TPSA) is 66.4 Å². The maximum atomic E-state index is 12.2. The highest BCUT2D eigenvalue weighted by Gasteiger charge is 2.15. The van der Waals surface area contributed by atoms with Crippen molar-refractivity contribution in [2.75, 3.05) is 4.72 Å². The molecule has 0 aliphatic carbocycles. The number of phenolic OH excluding ortho intramolecular Hbond substituents is 1. The van der Waals surface area contributed by atoms with Crippen molar-refractivity contribution in [3.8, 4) is 5.75 Å². The molecule has 5 heteroatoms. The van der Waals surface area contributed by atoms with Crippen LogP contribution in [0.2, 0.25) is 0 Å². The molecule has 0 aliphatic rings. The highest BCUT2D eigenvalue weighted by Crippen LogP contribution is 2.29. The highest BCUT2D eigenvalue weighted by atomic mass is 32.2. The second-order valence-electron chi connectivity index (χ2n) is 4.85. The number of aromatic hydroxyl groups is 1. The van der Waals surface area contributed by atoms with Gasteiger partial charge in [-0.05, 0) is 41.8 Å². The van der Waals surface area contributed by atoms with Crippen molar-refractivity contribution < 1.29 is 13.5 Å². The van der Waals surface area contributed by atoms with Crippen LogP contribution in [-0.4, -0.2) is 13.5 Å². The lowest BCUT2D eigenvalue weighted by atomic mass is 10.0. The predicted molar refractivity (Wildman–Crippen MR) is 79.4 cm³/mol. The molecule has 0 saturated heterocycles. The summed E-state index contributed by atoms with van der Waals surface area (Å²) < 4.78 is 26.9. The summed E-state index contributed by atoms with van der Waals surface area (Å²) in [5, 5.41) is 9.74. The average molecular weight is 291 g/mol. The molecule has 0 aliphatic heterocycles. The summed E-state index contributed by atoms with van der Waals surface area (Å²) in [6, 6.07) is 12.9. The monoisotopic (exact) mass is 291 g/mol. The van der Waals surface area contributed by atoms with E-state index in [0.717, 1.165) is 0 Å². The van der Waals surface area contributed by atoms with Gasteiger partial charge < -0.3 is 5.11 Å². The predicted octanol–water partition coefficient (Wildman–Crippen LogP) is 3.32. The van der Waals surface area contributed by atoms with Crippen LogP contribution in [0.3, 0.4) is 0 Å². The standard InChI is InChI=1S/C15H17NO3S/c1-11(2)14-10-12(8-9-15(14)17)16-20(18,19)13-6-4-3-5-7-13/h3-11,16-17H,1-2H3. The van der Waals surface area contributed by atoms with Gasteiger partial charge in [-0.2, -0.15) is 0 Å². The molecule has 2 aromatic carbocycles. The lowest BCUT2D eigenvalue weighted by molar-refractivity contribution is 0.465. The third-order valence-electron chi connectivity index (χ3n) is 2.96. The molecule has 2 aromatic rings. The molecule has 0 unspecified atom stereocenters. The lowest BCUT2D eigenvalue weighted by Crippen LogP contribution is -2.13. The molecule has 0 heterocycles. The number of hydrogen-bond acceptors (Lipinski definition) is 3. The summed E-state index contributed by atoms with van der Waals surface area (Å²) >= 11 is 0. The molecule has 20 heavy (non-hydrogen) atoms. The number of anilines is 1. The van der Waals surface area contributed by atoms with Crippen molar-refractivity contribution in [3.63, 3.8) is 0 Å². The van der Waals surface area contributed by atoms with Crippen molar-refractivity contribution in [1.82, 2.24) is 0 Å². The maximum absolute atomic E-state index is 12.2. The third kappa shape index (κ3) is 3.11. The van der Waals surface area contributed by atoms with Gasteiger partial charge in [0.25, 0.3) is 10.0 Å².